The van der Waals surface area contributed by atoms with Crippen molar-refractivity contribution in [1.29, 1.82) is 0 Å². The minimum atomic E-state index is 0.200. The van der Waals surface area contributed by atoms with Crippen molar-refractivity contribution in [2.75, 3.05) is 5.32 Å². The van der Waals surface area contributed by atoms with Crippen LogP contribution in [0.25, 0.3) is 0 Å². The topological polar surface area (TPSA) is 37.8 Å². The van der Waals surface area contributed by atoms with E-state index in [1.165, 1.54) is 0 Å². The highest BCUT2D eigenvalue weighted by molar-refractivity contribution is 5.30. The second-order valence-corrected chi connectivity index (χ2v) is 6.14. The van der Waals surface area contributed by atoms with E-state index in [0.717, 1.165) is 17.3 Å². The first-order valence-corrected chi connectivity index (χ1v) is 6.32. The molecule has 1 atom stereocenters. The molecule has 0 amide bonds. The lowest BCUT2D eigenvalue weighted by Crippen LogP contribution is -2.31. The Kier molecular flexibility index (Phi) is 4.12. The van der Waals surface area contributed by atoms with Crippen LogP contribution in [0.4, 0.5) is 5.95 Å². The zero-order valence-corrected chi connectivity index (χ0v) is 12.1. The number of nitrogens with zero attached hydrogens (tertiary/aromatic N) is 2. The molecular formula is C14H25N3. The molecule has 0 aliphatic heterocycles. The molecule has 0 aliphatic rings. The first-order valence-electron chi connectivity index (χ1n) is 6.32. The Labute approximate surface area is 105 Å². The van der Waals surface area contributed by atoms with Gasteiger partial charge in [0, 0.05) is 17.4 Å². The summed E-state index contributed by atoms with van der Waals surface area (Å²) in [6.45, 7) is 15.1. The molecule has 1 unspecified atom stereocenters. The van der Waals surface area contributed by atoms with Crippen molar-refractivity contribution in [2.24, 2.45) is 5.41 Å². The van der Waals surface area contributed by atoms with Crippen molar-refractivity contribution in [3.05, 3.63) is 17.5 Å². The summed E-state index contributed by atoms with van der Waals surface area (Å²) < 4.78 is 0. The summed E-state index contributed by atoms with van der Waals surface area (Å²) >= 11 is 0. The van der Waals surface area contributed by atoms with Gasteiger partial charge in [-0.25, -0.2) is 9.97 Å². The van der Waals surface area contributed by atoms with Crippen molar-refractivity contribution in [2.45, 2.75) is 60.4 Å². The van der Waals surface area contributed by atoms with Gasteiger partial charge < -0.3 is 5.32 Å². The standard InChI is InChI=1S/C14H25N3/c1-9(2)12-8-10(3)15-13(17-12)16-11(4)14(5,6)7/h8-9,11H,1-7H3,(H,15,16,17). The molecule has 0 spiro atoms. The molecule has 1 heterocycles. The summed E-state index contributed by atoms with van der Waals surface area (Å²) in [5.74, 6) is 1.18. The SMILES string of the molecule is Cc1cc(C(C)C)nc(NC(C)C(C)(C)C)n1. The van der Waals surface area contributed by atoms with E-state index in [9.17, 15) is 0 Å². The molecule has 0 aliphatic carbocycles. The third-order valence-corrected chi connectivity index (χ3v) is 3.11. The van der Waals surface area contributed by atoms with Gasteiger partial charge in [0.15, 0.2) is 0 Å². The van der Waals surface area contributed by atoms with E-state index in [4.69, 9.17) is 0 Å². The van der Waals surface area contributed by atoms with E-state index in [-0.39, 0.29) is 5.41 Å². The van der Waals surface area contributed by atoms with Crippen LogP contribution in [0.15, 0.2) is 6.07 Å². The van der Waals surface area contributed by atoms with Gasteiger partial charge in [-0.05, 0) is 31.2 Å². The zero-order valence-electron chi connectivity index (χ0n) is 12.1. The third-order valence-electron chi connectivity index (χ3n) is 3.11. The van der Waals surface area contributed by atoms with Crippen LogP contribution < -0.4 is 5.32 Å². The van der Waals surface area contributed by atoms with Crippen molar-refractivity contribution in [3.63, 3.8) is 0 Å². The molecule has 0 saturated heterocycles. The maximum atomic E-state index is 4.56. The molecule has 96 valence electrons. The van der Waals surface area contributed by atoms with Crippen LogP contribution in [-0.4, -0.2) is 16.0 Å². The average molecular weight is 235 g/mol. The lowest BCUT2D eigenvalue weighted by atomic mass is 9.88. The highest BCUT2D eigenvalue weighted by Crippen LogP contribution is 2.22. The fourth-order valence-corrected chi connectivity index (χ4v) is 1.36. The predicted octanol–water partition coefficient (Wildman–Crippen LogP) is 3.75. The van der Waals surface area contributed by atoms with Gasteiger partial charge in [-0.2, -0.15) is 0 Å². The summed E-state index contributed by atoms with van der Waals surface area (Å²) in [6.07, 6.45) is 0. The molecule has 0 aromatic carbocycles. The van der Waals surface area contributed by atoms with Gasteiger partial charge in [0.05, 0.1) is 0 Å². The largest absolute Gasteiger partial charge is 0.351 e. The Balaban J connectivity index is 2.92. The fraction of sp³-hybridized carbons (Fsp3) is 0.714. The Morgan fingerprint density at radius 1 is 1.12 bits per heavy atom. The summed E-state index contributed by atoms with van der Waals surface area (Å²) in [4.78, 5) is 9.01. The second-order valence-electron chi connectivity index (χ2n) is 6.14. The molecule has 0 fully saturated rings. The average Bonchev–Trinajstić information content (AvgIpc) is 2.14. The van der Waals surface area contributed by atoms with Crippen molar-refractivity contribution < 1.29 is 0 Å². The van der Waals surface area contributed by atoms with E-state index < -0.39 is 0 Å². The third kappa shape index (κ3) is 3.99. The number of hydrogen-bond acceptors (Lipinski definition) is 3. The van der Waals surface area contributed by atoms with E-state index in [1.54, 1.807) is 0 Å². The monoisotopic (exact) mass is 235 g/mol. The van der Waals surface area contributed by atoms with Crippen LogP contribution in [0.1, 0.15) is 58.8 Å². The van der Waals surface area contributed by atoms with Gasteiger partial charge >= 0.3 is 0 Å². The normalized spacial score (nSPS) is 13.9. The van der Waals surface area contributed by atoms with Crippen LogP contribution in [0.3, 0.4) is 0 Å². The van der Waals surface area contributed by atoms with E-state index in [0.29, 0.717) is 12.0 Å². The molecule has 3 nitrogen and oxygen atoms in total. The number of aromatic nitrogens is 2. The van der Waals surface area contributed by atoms with Crippen molar-refractivity contribution in [1.82, 2.24) is 9.97 Å². The lowest BCUT2D eigenvalue weighted by molar-refractivity contribution is 0.358. The smallest absolute Gasteiger partial charge is 0.223 e. The Bertz CT molecular complexity index is 378. The summed E-state index contributed by atoms with van der Waals surface area (Å²) in [5.41, 5.74) is 2.32. The maximum absolute atomic E-state index is 4.56. The van der Waals surface area contributed by atoms with Crippen molar-refractivity contribution >= 4 is 5.95 Å². The number of aryl methyl sites for hydroxylation is 1. The molecule has 0 radical (unpaired) electrons. The summed E-state index contributed by atoms with van der Waals surface area (Å²) in [7, 11) is 0. The first kappa shape index (κ1) is 13.9. The summed E-state index contributed by atoms with van der Waals surface area (Å²) in [5, 5.41) is 3.40. The van der Waals surface area contributed by atoms with Crippen LogP contribution >= 0.6 is 0 Å². The van der Waals surface area contributed by atoms with E-state index in [1.807, 2.05) is 6.92 Å². The van der Waals surface area contributed by atoms with Crippen LogP contribution in [-0.2, 0) is 0 Å². The predicted molar refractivity (Wildman–Crippen MR) is 73.4 cm³/mol. The van der Waals surface area contributed by atoms with Crippen LogP contribution in [0.2, 0.25) is 0 Å². The molecule has 1 aromatic heterocycles. The Hall–Kier alpha value is -1.12. The van der Waals surface area contributed by atoms with Gasteiger partial charge in [0.25, 0.3) is 0 Å². The highest BCUT2D eigenvalue weighted by atomic mass is 15.1. The minimum absolute atomic E-state index is 0.200. The summed E-state index contributed by atoms with van der Waals surface area (Å²) in [6, 6.07) is 2.39. The molecular weight excluding hydrogens is 210 g/mol. The molecule has 1 rings (SSSR count). The van der Waals surface area contributed by atoms with Gasteiger partial charge in [0.1, 0.15) is 0 Å². The number of nitrogens with one attached hydrogen (secondary N) is 1. The lowest BCUT2D eigenvalue weighted by Gasteiger charge is -2.28. The first-order chi connectivity index (χ1) is 7.70. The van der Waals surface area contributed by atoms with E-state index in [2.05, 4.69) is 62.9 Å². The maximum Gasteiger partial charge on any atom is 0.223 e. The van der Waals surface area contributed by atoms with Gasteiger partial charge in [0.2, 0.25) is 5.95 Å². The Morgan fingerprint density at radius 2 is 1.71 bits per heavy atom. The molecule has 1 N–H and O–H groups in total. The van der Waals surface area contributed by atoms with Gasteiger partial charge in [-0.3, -0.25) is 0 Å². The van der Waals surface area contributed by atoms with E-state index >= 15 is 0 Å². The quantitative estimate of drug-likeness (QED) is 0.867. The van der Waals surface area contributed by atoms with Gasteiger partial charge in [-0.15, -0.1) is 0 Å². The molecule has 0 bridgehead atoms. The zero-order chi connectivity index (χ0) is 13.2. The highest BCUT2D eigenvalue weighted by Gasteiger charge is 2.20. The van der Waals surface area contributed by atoms with Gasteiger partial charge in [-0.1, -0.05) is 34.6 Å². The molecule has 17 heavy (non-hydrogen) atoms. The molecule has 1 aromatic rings. The van der Waals surface area contributed by atoms with Crippen molar-refractivity contribution in [3.8, 4) is 0 Å². The Morgan fingerprint density at radius 3 is 2.18 bits per heavy atom. The molecule has 0 saturated carbocycles. The van der Waals surface area contributed by atoms with Crippen LogP contribution in [0.5, 0.6) is 0 Å². The number of hydrogen-bond donors (Lipinski definition) is 1. The number of rotatable bonds is 3. The van der Waals surface area contributed by atoms with Crippen LogP contribution in [0, 0.1) is 12.3 Å². The minimum Gasteiger partial charge on any atom is -0.351 e. The second kappa shape index (κ2) is 5.03. The number of anilines is 1. The molecule has 3 heteroatoms. The fourth-order valence-electron chi connectivity index (χ4n) is 1.36.